The van der Waals surface area contributed by atoms with Crippen molar-refractivity contribution in [1.29, 1.82) is 0 Å². The fourth-order valence-corrected chi connectivity index (χ4v) is 1.31. The van der Waals surface area contributed by atoms with Gasteiger partial charge in [-0.1, -0.05) is 4.68 Å². The molecule has 0 N–H and O–H groups in total. The number of hydrogen-bond acceptors (Lipinski definition) is 3. The molecule has 0 spiro atoms. The summed E-state index contributed by atoms with van der Waals surface area (Å²) in [6.07, 6.45) is 1.82. The van der Waals surface area contributed by atoms with E-state index < -0.39 is 0 Å². The molecule has 0 saturated carbocycles. The Hall–Kier alpha value is -1.06. The molecular weight excluding hydrogens is 132 g/mol. The van der Waals surface area contributed by atoms with Gasteiger partial charge >= 0.3 is 0 Å². The molecular formula is C6H8N2O2. The van der Waals surface area contributed by atoms with Crippen LogP contribution in [0, 0.1) is 0 Å². The minimum absolute atomic E-state index is 0.274. The van der Waals surface area contributed by atoms with Crippen LogP contribution in [0.4, 0.5) is 0 Å². The van der Waals surface area contributed by atoms with Gasteiger partial charge < -0.3 is 9.63 Å². The lowest BCUT2D eigenvalue weighted by Crippen LogP contribution is -2.37. The molecule has 0 fully saturated rings. The van der Waals surface area contributed by atoms with Crippen LogP contribution in [-0.4, -0.2) is 5.27 Å². The highest BCUT2D eigenvalue weighted by atomic mass is 16.6. The van der Waals surface area contributed by atoms with Crippen LogP contribution in [0.1, 0.15) is 25.1 Å². The lowest BCUT2D eigenvalue weighted by atomic mass is 10.2. The fraction of sp³-hybridized carbons (Fsp3) is 0.667. The molecule has 54 valence electrons. The van der Waals surface area contributed by atoms with E-state index in [9.17, 15) is 5.11 Å². The van der Waals surface area contributed by atoms with Crippen molar-refractivity contribution in [2.24, 2.45) is 0 Å². The summed E-state index contributed by atoms with van der Waals surface area (Å²) < 4.78 is 6.13. The zero-order valence-electron chi connectivity index (χ0n) is 5.70. The maximum absolute atomic E-state index is 10.8. The van der Waals surface area contributed by atoms with Gasteiger partial charge in [-0.25, -0.2) is 0 Å². The quantitative estimate of drug-likeness (QED) is 0.458. The maximum Gasteiger partial charge on any atom is 0.233 e. The summed E-state index contributed by atoms with van der Waals surface area (Å²) >= 11 is 0. The molecule has 0 aliphatic carbocycles. The monoisotopic (exact) mass is 140 g/mol. The summed E-state index contributed by atoms with van der Waals surface area (Å²) in [5.41, 5.74) is 0.715. The molecule has 0 unspecified atom stereocenters. The third-order valence-corrected chi connectivity index (χ3v) is 1.94. The normalized spacial score (nSPS) is 23.1. The SMILES string of the molecule is C[C@@H]1CCc2c([O-])on[n+]21. The molecule has 0 amide bonds. The number of rotatable bonds is 0. The van der Waals surface area contributed by atoms with Crippen LogP contribution < -0.4 is 9.79 Å². The average molecular weight is 140 g/mol. The van der Waals surface area contributed by atoms with Crippen LogP contribution in [0.25, 0.3) is 0 Å². The van der Waals surface area contributed by atoms with Crippen LogP contribution in [-0.2, 0) is 6.42 Å². The molecule has 0 radical (unpaired) electrons. The predicted octanol–water partition coefficient (Wildman–Crippen LogP) is -0.457. The van der Waals surface area contributed by atoms with Crippen molar-refractivity contribution in [2.45, 2.75) is 25.8 Å². The zero-order valence-corrected chi connectivity index (χ0v) is 5.70. The Labute approximate surface area is 58.0 Å². The Kier molecular flexibility index (Phi) is 0.977. The molecule has 2 rings (SSSR count). The third kappa shape index (κ3) is 0.558. The van der Waals surface area contributed by atoms with E-state index in [2.05, 4.69) is 9.79 Å². The first-order valence-electron chi connectivity index (χ1n) is 3.36. The van der Waals surface area contributed by atoms with Crippen molar-refractivity contribution < 1.29 is 14.3 Å². The second kappa shape index (κ2) is 1.71. The van der Waals surface area contributed by atoms with Crippen LogP contribution >= 0.6 is 0 Å². The molecule has 10 heavy (non-hydrogen) atoms. The number of nitrogens with zero attached hydrogens (tertiary/aromatic N) is 2. The molecule has 4 heteroatoms. The number of aromatic nitrogens is 2. The molecule has 4 nitrogen and oxygen atoms in total. The van der Waals surface area contributed by atoms with Crippen molar-refractivity contribution in [3.8, 4) is 5.95 Å². The van der Waals surface area contributed by atoms with E-state index in [-0.39, 0.29) is 5.95 Å². The van der Waals surface area contributed by atoms with E-state index in [0.29, 0.717) is 11.7 Å². The standard InChI is InChI=1S/C6H8N2O2/c1-4-2-3-5-6(9)10-7-8(4)5/h4H,2-3H2,1H3/t4-/m1/s1. The highest BCUT2D eigenvalue weighted by molar-refractivity contribution is 5.05. The van der Waals surface area contributed by atoms with Crippen molar-refractivity contribution in [2.75, 3.05) is 0 Å². The molecule has 0 saturated heterocycles. The molecule has 0 bridgehead atoms. The van der Waals surface area contributed by atoms with Crippen molar-refractivity contribution >= 4 is 0 Å². The fourth-order valence-electron chi connectivity index (χ4n) is 1.31. The lowest BCUT2D eigenvalue weighted by molar-refractivity contribution is -0.776. The predicted molar refractivity (Wildman–Crippen MR) is 29.2 cm³/mol. The van der Waals surface area contributed by atoms with E-state index in [1.54, 1.807) is 4.68 Å². The summed E-state index contributed by atoms with van der Waals surface area (Å²) in [7, 11) is 0. The van der Waals surface area contributed by atoms with Gasteiger partial charge in [-0.05, 0) is 0 Å². The van der Waals surface area contributed by atoms with Crippen molar-refractivity contribution in [1.82, 2.24) is 5.27 Å². The summed E-state index contributed by atoms with van der Waals surface area (Å²) in [5, 5.41) is 14.4. The Morgan fingerprint density at radius 3 is 3.30 bits per heavy atom. The van der Waals surface area contributed by atoms with Gasteiger partial charge in [-0.2, -0.15) is 0 Å². The second-order valence-electron chi connectivity index (χ2n) is 2.64. The minimum Gasteiger partial charge on any atom is -0.539 e. The highest BCUT2D eigenvalue weighted by Gasteiger charge is 2.30. The zero-order chi connectivity index (χ0) is 7.14. The van der Waals surface area contributed by atoms with E-state index in [1.165, 1.54) is 0 Å². The first kappa shape index (κ1) is 5.70. The summed E-state index contributed by atoms with van der Waals surface area (Å²) in [6.45, 7) is 2.03. The number of hydrogen-bond donors (Lipinski definition) is 0. The van der Waals surface area contributed by atoms with Gasteiger partial charge in [0.25, 0.3) is 0 Å². The molecule has 1 aromatic heterocycles. The summed E-state index contributed by atoms with van der Waals surface area (Å²) in [6, 6.07) is 0.335. The van der Waals surface area contributed by atoms with E-state index in [0.717, 1.165) is 12.8 Å². The lowest BCUT2D eigenvalue weighted by Gasteiger charge is -1.87. The largest absolute Gasteiger partial charge is 0.539 e. The van der Waals surface area contributed by atoms with Gasteiger partial charge in [0.1, 0.15) is 0 Å². The average Bonchev–Trinajstić information content (AvgIpc) is 2.41. The summed E-state index contributed by atoms with van der Waals surface area (Å²) in [4.78, 5) is 0. The minimum atomic E-state index is -0.274. The van der Waals surface area contributed by atoms with E-state index in [1.807, 2.05) is 6.92 Å². The van der Waals surface area contributed by atoms with Gasteiger partial charge in [0, 0.05) is 19.8 Å². The summed E-state index contributed by atoms with van der Waals surface area (Å²) in [5.74, 6) is -0.274. The first-order chi connectivity index (χ1) is 4.79. The smallest absolute Gasteiger partial charge is 0.233 e. The van der Waals surface area contributed by atoms with Crippen LogP contribution in [0.5, 0.6) is 5.95 Å². The molecule has 1 atom stereocenters. The van der Waals surface area contributed by atoms with Crippen LogP contribution in [0.2, 0.25) is 0 Å². The Morgan fingerprint density at radius 1 is 1.80 bits per heavy atom. The Balaban J connectivity index is 2.53. The van der Waals surface area contributed by atoms with Gasteiger partial charge in [0.05, 0.1) is 5.27 Å². The second-order valence-corrected chi connectivity index (χ2v) is 2.64. The molecule has 2 heterocycles. The van der Waals surface area contributed by atoms with Gasteiger partial charge in [0.15, 0.2) is 12.0 Å². The first-order valence-corrected chi connectivity index (χ1v) is 3.36. The number of fused-ring (bicyclic) bond motifs is 1. The van der Waals surface area contributed by atoms with Gasteiger partial charge in [-0.15, -0.1) is 0 Å². The van der Waals surface area contributed by atoms with Gasteiger partial charge in [0.2, 0.25) is 5.69 Å². The van der Waals surface area contributed by atoms with E-state index >= 15 is 0 Å². The van der Waals surface area contributed by atoms with Crippen molar-refractivity contribution in [3.05, 3.63) is 5.69 Å². The Morgan fingerprint density at radius 2 is 2.60 bits per heavy atom. The molecule has 1 aliphatic heterocycles. The molecule has 1 aromatic rings. The Bertz CT molecular complexity index is 256. The maximum atomic E-state index is 10.8. The topological polar surface area (TPSA) is 53.0 Å². The van der Waals surface area contributed by atoms with Crippen LogP contribution in [0.3, 0.4) is 0 Å². The third-order valence-electron chi connectivity index (χ3n) is 1.94. The van der Waals surface area contributed by atoms with Crippen LogP contribution in [0.15, 0.2) is 4.52 Å². The van der Waals surface area contributed by atoms with Crippen molar-refractivity contribution in [3.63, 3.8) is 0 Å². The molecule has 0 aromatic carbocycles. The highest BCUT2D eigenvalue weighted by Crippen LogP contribution is 2.20. The van der Waals surface area contributed by atoms with E-state index in [4.69, 9.17) is 0 Å². The van der Waals surface area contributed by atoms with Gasteiger partial charge in [-0.3, -0.25) is 0 Å². The molecule has 1 aliphatic rings.